The van der Waals surface area contributed by atoms with Gasteiger partial charge in [0, 0.05) is 11.6 Å². The third-order valence-electron chi connectivity index (χ3n) is 4.59. The van der Waals surface area contributed by atoms with Crippen molar-refractivity contribution >= 4 is 0 Å². The molecule has 0 amide bonds. The van der Waals surface area contributed by atoms with Crippen LogP contribution in [0, 0.1) is 0 Å². The first kappa shape index (κ1) is 22.1. The van der Waals surface area contributed by atoms with Gasteiger partial charge in [0.05, 0.1) is 12.3 Å². The van der Waals surface area contributed by atoms with Crippen LogP contribution in [-0.2, 0) is 0 Å². The molecule has 0 aliphatic carbocycles. The first-order chi connectivity index (χ1) is 13.7. The van der Waals surface area contributed by atoms with Crippen LogP contribution in [-0.4, -0.2) is 29.6 Å². The van der Waals surface area contributed by atoms with E-state index in [1.165, 1.54) is 25.7 Å². The predicted octanol–water partition coefficient (Wildman–Crippen LogP) is 6.40. The second-order valence-electron chi connectivity index (χ2n) is 7.09. The third kappa shape index (κ3) is 8.24. The third-order valence-corrected chi connectivity index (χ3v) is 4.59. The summed E-state index contributed by atoms with van der Waals surface area (Å²) in [6, 6.07) is 11.4. The summed E-state index contributed by atoms with van der Waals surface area (Å²) < 4.78 is 24.8. The Morgan fingerprint density at radius 2 is 1.57 bits per heavy atom. The molecule has 0 fully saturated rings. The van der Waals surface area contributed by atoms with Crippen molar-refractivity contribution in [2.75, 3.05) is 13.2 Å². The second-order valence-corrected chi connectivity index (χ2v) is 7.09. The highest BCUT2D eigenvalue weighted by atomic mass is 19.1. The van der Waals surface area contributed by atoms with Gasteiger partial charge in [0.15, 0.2) is 0 Å². The smallest absolute Gasteiger partial charge is 0.233 e. The molecule has 1 atom stereocenters. The van der Waals surface area contributed by atoms with Crippen molar-refractivity contribution in [3.63, 3.8) is 0 Å². The maximum atomic E-state index is 13.6. The molecule has 0 saturated heterocycles. The molecule has 0 bridgehead atoms. The summed E-state index contributed by atoms with van der Waals surface area (Å²) in [5.74, 6) is 1.22. The maximum Gasteiger partial charge on any atom is 0.233 e. The molecule has 0 radical (unpaired) electrons. The summed E-state index contributed by atoms with van der Waals surface area (Å²) in [7, 11) is 0. The highest BCUT2D eigenvalue weighted by Gasteiger charge is 2.08. The molecule has 1 aromatic heterocycles. The van der Waals surface area contributed by atoms with E-state index in [9.17, 15) is 4.39 Å². The fraction of sp³-hybridized carbons (Fsp3) is 0.565. The zero-order valence-corrected chi connectivity index (χ0v) is 17.2. The normalized spacial score (nSPS) is 12.0. The van der Waals surface area contributed by atoms with Gasteiger partial charge in [0.25, 0.3) is 0 Å². The first-order valence-electron chi connectivity index (χ1n) is 10.6. The van der Waals surface area contributed by atoms with E-state index in [1.807, 2.05) is 37.3 Å². The number of hydrogen-bond acceptors (Lipinski definition) is 4. The molecule has 0 saturated carbocycles. The van der Waals surface area contributed by atoms with E-state index in [2.05, 4.69) is 17.1 Å². The lowest BCUT2D eigenvalue weighted by atomic mass is 10.1. The predicted molar refractivity (Wildman–Crippen MR) is 112 cm³/mol. The number of aromatic nitrogens is 2. The van der Waals surface area contributed by atoms with Crippen molar-refractivity contribution in [3.05, 3.63) is 36.4 Å². The van der Waals surface area contributed by atoms with Crippen molar-refractivity contribution in [2.24, 2.45) is 0 Å². The molecule has 0 aliphatic heterocycles. The zero-order valence-electron chi connectivity index (χ0n) is 17.2. The maximum absolute atomic E-state index is 13.6. The van der Waals surface area contributed by atoms with E-state index >= 15 is 0 Å². The molecule has 28 heavy (non-hydrogen) atoms. The highest BCUT2D eigenvalue weighted by molar-refractivity contribution is 5.59. The monoisotopic (exact) mass is 388 g/mol. The van der Waals surface area contributed by atoms with Crippen molar-refractivity contribution in [2.45, 2.75) is 71.4 Å². The topological polar surface area (TPSA) is 44.2 Å². The first-order valence-corrected chi connectivity index (χ1v) is 10.6. The summed E-state index contributed by atoms with van der Waals surface area (Å²) in [6.07, 6.45) is 7.56. The molecule has 2 aromatic rings. The van der Waals surface area contributed by atoms with E-state index in [4.69, 9.17) is 9.47 Å². The Labute approximate surface area is 168 Å². The molecule has 4 nitrogen and oxygen atoms in total. The Bertz CT molecular complexity index is 647. The van der Waals surface area contributed by atoms with Crippen LogP contribution in [0.4, 0.5) is 4.39 Å². The minimum absolute atomic E-state index is 0.0263. The zero-order chi connectivity index (χ0) is 20.0. The van der Waals surface area contributed by atoms with Gasteiger partial charge in [-0.1, -0.05) is 52.4 Å². The fourth-order valence-electron chi connectivity index (χ4n) is 2.85. The van der Waals surface area contributed by atoms with Crippen molar-refractivity contribution < 1.29 is 13.9 Å². The van der Waals surface area contributed by atoms with Crippen LogP contribution in [0.1, 0.15) is 65.2 Å². The molecule has 154 valence electrons. The summed E-state index contributed by atoms with van der Waals surface area (Å²) in [6.45, 7) is 5.04. The van der Waals surface area contributed by atoms with Gasteiger partial charge >= 0.3 is 0 Å². The Morgan fingerprint density at radius 3 is 2.25 bits per heavy atom. The molecule has 1 unspecified atom stereocenters. The number of halogens is 1. The van der Waals surface area contributed by atoms with Gasteiger partial charge in [-0.25, -0.2) is 4.39 Å². The Kier molecular flexibility index (Phi) is 10.3. The van der Waals surface area contributed by atoms with Gasteiger partial charge in [0.1, 0.15) is 18.5 Å². The number of nitrogens with zero attached hydrogens (tertiary/aromatic N) is 2. The Balaban J connectivity index is 1.77. The van der Waals surface area contributed by atoms with Gasteiger partial charge in [-0.3, -0.25) is 0 Å². The molecular formula is C23H33FN2O2. The van der Waals surface area contributed by atoms with Gasteiger partial charge in [-0.2, -0.15) is 0 Å². The second kappa shape index (κ2) is 13.1. The van der Waals surface area contributed by atoms with Gasteiger partial charge in [-0.15, -0.1) is 10.2 Å². The average molecular weight is 389 g/mol. The molecule has 0 spiro atoms. The minimum atomic E-state index is -0.958. The summed E-state index contributed by atoms with van der Waals surface area (Å²) in [5, 5.41) is 8.23. The van der Waals surface area contributed by atoms with Gasteiger partial charge in [0.2, 0.25) is 5.88 Å². The summed E-state index contributed by atoms with van der Waals surface area (Å²) >= 11 is 0. The lowest BCUT2D eigenvalue weighted by Crippen LogP contribution is -2.13. The van der Waals surface area contributed by atoms with E-state index < -0.39 is 6.17 Å². The fourth-order valence-corrected chi connectivity index (χ4v) is 2.85. The van der Waals surface area contributed by atoms with Crippen LogP contribution >= 0.6 is 0 Å². The molecule has 1 aromatic carbocycles. The largest absolute Gasteiger partial charge is 0.494 e. The number of alkyl halides is 1. The number of rotatable bonds is 14. The van der Waals surface area contributed by atoms with E-state index in [-0.39, 0.29) is 6.61 Å². The van der Waals surface area contributed by atoms with Crippen molar-refractivity contribution in [1.29, 1.82) is 0 Å². The van der Waals surface area contributed by atoms with E-state index in [1.54, 1.807) is 6.07 Å². The van der Waals surface area contributed by atoms with Crippen molar-refractivity contribution in [3.8, 4) is 22.9 Å². The number of unbranched alkanes of at least 4 members (excludes halogenated alkanes) is 5. The molecular weight excluding hydrogens is 355 g/mol. The van der Waals surface area contributed by atoms with Crippen LogP contribution < -0.4 is 9.47 Å². The van der Waals surface area contributed by atoms with Gasteiger partial charge < -0.3 is 9.47 Å². The molecule has 2 rings (SSSR count). The number of hydrogen-bond donors (Lipinski definition) is 0. The Morgan fingerprint density at radius 1 is 0.821 bits per heavy atom. The minimum Gasteiger partial charge on any atom is -0.494 e. The number of ether oxygens (including phenoxy) is 2. The number of benzene rings is 1. The highest BCUT2D eigenvalue weighted by Crippen LogP contribution is 2.22. The average Bonchev–Trinajstić information content (AvgIpc) is 2.74. The lowest BCUT2D eigenvalue weighted by Gasteiger charge is -2.09. The van der Waals surface area contributed by atoms with Gasteiger partial charge in [-0.05, 0) is 43.2 Å². The molecule has 5 heteroatoms. The molecule has 0 aliphatic rings. The molecule has 0 N–H and O–H groups in total. The summed E-state index contributed by atoms with van der Waals surface area (Å²) in [5.41, 5.74) is 1.71. The lowest BCUT2D eigenvalue weighted by molar-refractivity contribution is 0.178. The van der Waals surface area contributed by atoms with Crippen LogP contribution in [0.3, 0.4) is 0 Å². The SMILES string of the molecule is CCCCCCCOc1ccc(-c2ccc(OCC(F)CCCC)nn2)cc1. The van der Waals surface area contributed by atoms with Crippen LogP contribution in [0.5, 0.6) is 11.6 Å². The van der Waals surface area contributed by atoms with Crippen LogP contribution in [0.2, 0.25) is 0 Å². The van der Waals surface area contributed by atoms with Crippen molar-refractivity contribution in [1.82, 2.24) is 10.2 Å². The molecule has 1 heterocycles. The van der Waals surface area contributed by atoms with E-state index in [0.29, 0.717) is 12.3 Å². The summed E-state index contributed by atoms with van der Waals surface area (Å²) in [4.78, 5) is 0. The van der Waals surface area contributed by atoms with Crippen LogP contribution in [0.15, 0.2) is 36.4 Å². The Hall–Kier alpha value is -2.17. The van der Waals surface area contributed by atoms with Crippen LogP contribution in [0.25, 0.3) is 11.3 Å². The van der Waals surface area contributed by atoms with E-state index in [0.717, 1.165) is 42.9 Å². The quantitative estimate of drug-likeness (QED) is 0.351. The standard InChI is InChI=1S/C23H33FN2O2/c1-3-5-7-8-9-17-27-21-13-11-19(12-14-21)22-15-16-23(26-25-22)28-18-20(24)10-6-4-2/h11-16,20H,3-10,17-18H2,1-2H3.